The molecule has 4 aliphatic rings. The maximum absolute atomic E-state index is 14.0. The van der Waals surface area contributed by atoms with Gasteiger partial charge in [0.1, 0.15) is 11.4 Å². The Morgan fingerprint density at radius 2 is 1.03 bits per heavy atom. The Bertz CT molecular complexity index is 3960. The van der Waals surface area contributed by atoms with E-state index in [2.05, 4.69) is 43.3 Å². The number of nitrogens with zero attached hydrogens (tertiary/aromatic N) is 4. The number of amides is 1. The van der Waals surface area contributed by atoms with Crippen LogP contribution in [-0.4, -0.2) is 61.5 Å². The van der Waals surface area contributed by atoms with Gasteiger partial charge in [-0.15, -0.1) is 12.4 Å². The second-order valence-corrected chi connectivity index (χ2v) is 23.4. The number of pyridine rings is 2. The molecule has 0 radical (unpaired) electrons. The van der Waals surface area contributed by atoms with Crippen LogP contribution in [0.25, 0.3) is 11.0 Å². The van der Waals surface area contributed by atoms with Crippen LogP contribution in [0, 0.1) is 11.6 Å². The number of oxime groups is 2. The number of fused-ring (bicyclic) bond motifs is 4. The molecule has 2 unspecified atom stereocenters. The summed E-state index contributed by atoms with van der Waals surface area (Å²) >= 11 is 23.9. The molecule has 456 valence electrons. The second kappa shape index (κ2) is 26.3. The number of carbonyl (C=O) groups excluding carboxylic acids is 1. The van der Waals surface area contributed by atoms with Crippen molar-refractivity contribution in [1.29, 1.82) is 0 Å². The summed E-state index contributed by atoms with van der Waals surface area (Å²) in [7, 11) is -1.79. The van der Waals surface area contributed by atoms with Crippen LogP contribution in [0.5, 0.6) is 0 Å². The number of hydrogen-bond acceptors (Lipinski definition) is 11. The largest absolute Gasteiger partial charge is 0.492 e. The molecule has 8 heterocycles. The van der Waals surface area contributed by atoms with Gasteiger partial charge in [0.2, 0.25) is 0 Å². The van der Waals surface area contributed by atoms with Crippen LogP contribution in [0.2, 0.25) is 20.1 Å². The van der Waals surface area contributed by atoms with Gasteiger partial charge < -0.3 is 54.0 Å². The van der Waals surface area contributed by atoms with E-state index in [0.29, 0.717) is 53.1 Å². The summed E-state index contributed by atoms with van der Waals surface area (Å²) in [5.74, 6) is -2.62. The summed E-state index contributed by atoms with van der Waals surface area (Å²) in [4.78, 5) is 36.2. The number of carboxylic acids is 1. The van der Waals surface area contributed by atoms with Crippen LogP contribution < -0.4 is 22.0 Å². The van der Waals surface area contributed by atoms with Crippen LogP contribution in [0.4, 0.5) is 8.78 Å². The average molecular weight is 1290 g/mol. The lowest BCUT2D eigenvalue weighted by Crippen LogP contribution is -2.30. The molecule has 0 bridgehead atoms. The van der Waals surface area contributed by atoms with Gasteiger partial charge in [0.15, 0.2) is 22.8 Å². The Labute approximate surface area is 530 Å². The molecule has 4 aliphatic heterocycles. The highest BCUT2D eigenvalue weighted by atomic mass is 35.5. The SMILES string of the molecule is C.CC1(c2cc(Cl)c(F)c(Cl)c2)CC(c2ccc(C(=O)O)n3cccc23)=NO1.CCC1(CC)OB(O)c2cc(CN)ccc21.CCC1(CC)OB(O)c2cc(CNC(=O)c3ccc(C4=NOC(C)(c5cc(Cl)c(F)c(Cl)c5)C4)c4cccn34)ccc21.Cl. The first-order valence-corrected chi connectivity index (χ1v) is 29.3. The fraction of sp³-hybridized carbons (Fsp3) is 0.302. The van der Waals surface area contributed by atoms with E-state index in [9.17, 15) is 33.5 Å². The molecule has 24 heteroatoms. The Kier molecular flexibility index (Phi) is 20.1. The molecule has 0 fully saturated rings. The minimum Gasteiger partial charge on any atom is -0.477 e. The first-order valence-electron chi connectivity index (χ1n) is 27.8. The Hall–Kier alpha value is -6.48. The van der Waals surface area contributed by atoms with Crippen LogP contribution in [0.3, 0.4) is 0 Å². The molecular weight excluding hydrogens is 1220 g/mol. The normalized spacial score (nSPS) is 18.4. The Morgan fingerprint density at radius 1 is 0.632 bits per heavy atom. The number of hydrogen-bond donors (Lipinski definition) is 5. The molecule has 2 atom stereocenters. The van der Waals surface area contributed by atoms with Gasteiger partial charge in [0.25, 0.3) is 5.91 Å². The van der Waals surface area contributed by atoms with Crippen molar-refractivity contribution in [2.75, 3.05) is 0 Å². The third-order valence-electron chi connectivity index (χ3n) is 16.8. The fourth-order valence-corrected chi connectivity index (χ4v) is 12.7. The van der Waals surface area contributed by atoms with Crippen molar-refractivity contribution in [1.82, 2.24) is 14.1 Å². The van der Waals surface area contributed by atoms with E-state index < -0.39 is 48.6 Å². The number of carboxylic acid groups (broad SMARTS) is 1. The van der Waals surface area contributed by atoms with Crippen molar-refractivity contribution in [2.45, 2.75) is 123 Å². The van der Waals surface area contributed by atoms with Gasteiger partial charge in [0, 0.05) is 60.6 Å². The third-order valence-corrected chi connectivity index (χ3v) is 17.9. The van der Waals surface area contributed by atoms with E-state index in [0.717, 1.165) is 75.5 Å². The van der Waals surface area contributed by atoms with E-state index in [1.54, 1.807) is 28.8 Å². The Balaban J connectivity index is 0.000000186. The van der Waals surface area contributed by atoms with Crippen LogP contribution >= 0.6 is 58.8 Å². The molecule has 4 aromatic carbocycles. The van der Waals surface area contributed by atoms with Crippen molar-refractivity contribution in [3.8, 4) is 0 Å². The highest BCUT2D eigenvalue weighted by Crippen LogP contribution is 2.43. The number of nitrogens with two attached hydrogens (primary N) is 1. The Morgan fingerprint density at radius 3 is 1.45 bits per heavy atom. The van der Waals surface area contributed by atoms with Crippen molar-refractivity contribution in [3.05, 3.63) is 209 Å². The molecule has 0 spiro atoms. The van der Waals surface area contributed by atoms with Crippen LogP contribution in [0.15, 0.2) is 132 Å². The summed E-state index contributed by atoms with van der Waals surface area (Å²) in [6.07, 6.45) is 7.55. The standard InChI is InChI=1S/C31H29BCl2FN3O4.C19H13Cl2FN2O3.C12H18BNO2.CH4.ClH/c1-4-31(5-2)21-10-8-18(13-22(21)32(40)41-31)17-36-29(39)27-11-9-20(26-7-6-12-38(26)27)25-16-30(3,42-37-25)19-14-23(33)28(35)24(34)15-19;1-19(10-7-12(20)17(22)13(21)8-10)9-14(23-27-19)11-4-5-16(18(25)26)24-6-2-3-15(11)24;1-3-12(4-2)10-6-5-9(8-14)7-11(10)13(15)16-12;;/h6-15,40H,4-5,16-17H2,1-3H3,(H,36,39);2-8H,9H2,1H3,(H,25,26);5-7,15H,3-4,8,14H2,1-2H3;1H4;1H. The summed E-state index contributed by atoms with van der Waals surface area (Å²) in [5.41, 5.74) is 14.9. The molecule has 6 N–H and O–H groups in total. The van der Waals surface area contributed by atoms with Crippen molar-refractivity contribution >= 4 is 118 Å². The number of nitrogens with one attached hydrogen (secondary N) is 1. The zero-order chi connectivity index (χ0) is 60.9. The molecule has 4 aromatic heterocycles. The van der Waals surface area contributed by atoms with E-state index in [-0.39, 0.29) is 63.7 Å². The summed E-state index contributed by atoms with van der Waals surface area (Å²) < 4.78 is 42.8. The molecule has 0 saturated carbocycles. The summed E-state index contributed by atoms with van der Waals surface area (Å²) in [6.45, 7) is 12.7. The smallest absolute Gasteiger partial charge is 0.477 e. The van der Waals surface area contributed by atoms with E-state index in [1.807, 2.05) is 85.1 Å². The van der Waals surface area contributed by atoms with E-state index in [1.165, 1.54) is 30.3 Å². The van der Waals surface area contributed by atoms with E-state index >= 15 is 0 Å². The number of aromatic nitrogens is 2. The molecule has 15 nitrogen and oxygen atoms in total. The molecule has 87 heavy (non-hydrogen) atoms. The molecule has 8 aromatic rings. The quantitative estimate of drug-likeness (QED) is 0.0546. The van der Waals surface area contributed by atoms with Crippen molar-refractivity contribution in [3.63, 3.8) is 0 Å². The van der Waals surface area contributed by atoms with Crippen molar-refractivity contribution in [2.24, 2.45) is 16.0 Å². The fourth-order valence-electron chi connectivity index (χ4n) is 11.8. The molecule has 12 rings (SSSR count). The topological polar surface area (TPSA) is 203 Å². The number of carbonyl (C=O) groups is 2. The van der Waals surface area contributed by atoms with E-state index in [4.69, 9.17) is 71.1 Å². The predicted molar refractivity (Wildman–Crippen MR) is 342 cm³/mol. The number of rotatable bonds is 13. The highest BCUT2D eigenvalue weighted by Gasteiger charge is 2.46. The molecule has 0 saturated heterocycles. The average Bonchev–Trinajstić information content (AvgIpc) is 2.13. The first-order chi connectivity index (χ1) is 40.5. The third kappa shape index (κ3) is 12.4. The van der Waals surface area contributed by atoms with Gasteiger partial charge in [-0.1, -0.05) is 128 Å². The van der Waals surface area contributed by atoms with Gasteiger partial charge in [-0.2, -0.15) is 0 Å². The zero-order valence-corrected chi connectivity index (χ0v) is 51.5. The summed E-state index contributed by atoms with van der Waals surface area (Å²) in [6, 6.07) is 32.0. The number of benzene rings is 4. The monoisotopic (exact) mass is 1280 g/mol. The lowest BCUT2D eigenvalue weighted by atomic mass is 9.76. The van der Waals surface area contributed by atoms with Gasteiger partial charge in [-0.3, -0.25) is 4.79 Å². The van der Waals surface area contributed by atoms with Gasteiger partial charge in [-0.25, -0.2) is 13.6 Å². The number of halogens is 7. The highest BCUT2D eigenvalue weighted by molar-refractivity contribution is 6.62. The zero-order valence-electron chi connectivity index (χ0n) is 47.7. The molecular formula is C63H65B2Cl5F2N6O9. The maximum Gasteiger partial charge on any atom is 0.492 e. The van der Waals surface area contributed by atoms with Gasteiger partial charge >= 0.3 is 20.2 Å². The second-order valence-electron chi connectivity index (χ2n) is 21.8. The van der Waals surface area contributed by atoms with Gasteiger partial charge in [0.05, 0.1) is 53.7 Å². The number of aromatic carboxylic acids is 1. The first kappa shape index (κ1) is 66.5. The van der Waals surface area contributed by atoms with Gasteiger partial charge in [-0.05, 0) is 146 Å². The predicted octanol–water partition coefficient (Wildman–Crippen LogP) is 13.1. The molecule has 1 amide bonds. The lowest BCUT2D eigenvalue weighted by molar-refractivity contribution is -0.00760. The maximum atomic E-state index is 14.0. The van der Waals surface area contributed by atoms with Crippen LogP contribution in [0.1, 0.15) is 153 Å². The van der Waals surface area contributed by atoms with Crippen molar-refractivity contribution < 1.29 is 52.5 Å². The minimum absolute atomic E-state index is 0. The minimum atomic E-state index is -1.02. The lowest BCUT2D eigenvalue weighted by Gasteiger charge is -2.28. The molecule has 0 aliphatic carbocycles. The summed E-state index contributed by atoms with van der Waals surface area (Å²) in [5, 5.41) is 41.0. The van der Waals surface area contributed by atoms with Crippen LogP contribution in [-0.2, 0) is 54.5 Å².